The molecule has 49 heavy (non-hydrogen) atoms. The van der Waals surface area contributed by atoms with Crippen molar-refractivity contribution >= 4 is 50.2 Å². The fourth-order valence-electron chi connectivity index (χ4n) is 6.21. The summed E-state index contributed by atoms with van der Waals surface area (Å²) >= 11 is 0. The van der Waals surface area contributed by atoms with E-state index in [0.717, 1.165) is 23.3 Å². The van der Waals surface area contributed by atoms with Crippen LogP contribution in [0.4, 0.5) is 29.3 Å². The van der Waals surface area contributed by atoms with Crippen molar-refractivity contribution in [3.8, 4) is 17.3 Å². The van der Waals surface area contributed by atoms with Crippen LogP contribution in [-0.2, 0) is 32.5 Å². The zero-order valence-corrected chi connectivity index (χ0v) is 27.1. The van der Waals surface area contributed by atoms with Crippen LogP contribution in [0.15, 0.2) is 54.7 Å². The molecular weight excluding hydrogens is 665 g/mol. The Hall–Kier alpha value is -5.27. The fraction of sp³-hybridized carbons (Fsp3) is 0.303. The van der Waals surface area contributed by atoms with Gasteiger partial charge in [-0.1, -0.05) is 24.3 Å². The number of carbonyl (C=O) groups is 3. The SMILES string of the molecule is CN1C(=O)N(c2ccc(C(=O)OC(=O)C(F)(F)F)cc2)Cc2c1cnc1[nH]c(-c3ccc(CN4CCC(S(C)(=O)=O)CC4)cc3)c(C#N)c21. The minimum atomic E-state index is -5.33. The number of carbonyl (C=O) groups excluding carboxylic acids is 3. The monoisotopic (exact) mass is 694 g/mol. The first-order chi connectivity index (χ1) is 23.2. The number of urea groups is 1. The second kappa shape index (κ2) is 12.6. The highest BCUT2D eigenvalue weighted by Gasteiger charge is 2.42. The van der Waals surface area contributed by atoms with Gasteiger partial charge in [0.05, 0.1) is 40.5 Å². The van der Waals surface area contributed by atoms with Crippen LogP contribution in [-0.4, -0.2) is 79.1 Å². The number of hydrogen-bond donors (Lipinski definition) is 1. The molecule has 2 aliphatic rings. The fourth-order valence-corrected chi connectivity index (χ4v) is 7.27. The van der Waals surface area contributed by atoms with Gasteiger partial charge in [0.15, 0.2) is 0 Å². The van der Waals surface area contributed by atoms with Crippen LogP contribution < -0.4 is 9.80 Å². The summed E-state index contributed by atoms with van der Waals surface area (Å²) in [6.07, 6.45) is -1.33. The number of H-pyrrole nitrogens is 1. The van der Waals surface area contributed by atoms with Crippen molar-refractivity contribution in [3.63, 3.8) is 0 Å². The maximum absolute atomic E-state index is 13.4. The molecule has 2 aromatic heterocycles. The molecule has 6 rings (SSSR count). The van der Waals surface area contributed by atoms with E-state index in [1.54, 1.807) is 0 Å². The predicted octanol–water partition coefficient (Wildman–Crippen LogP) is 4.93. The number of halogens is 3. The summed E-state index contributed by atoms with van der Waals surface area (Å²) in [5.41, 5.74) is 4.16. The maximum Gasteiger partial charge on any atom is 0.491 e. The van der Waals surface area contributed by atoms with Gasteiger partial charge in [-0.15, -0.1) is 0 Å². The van der Waals surface area contributed by atoms with E-state index >= 15 is 0 Å². The van der Waals surface area contributed by atoms with Crippen LogP contribution in [0.1, 0.15) is 39.9 Å². The molecule has 0 unspecified atom stereocenters. The van der Waals surface area contributed by atoms with Crippen molar-refractivity contribution in [3.05, 3.63) is 77.0 Å². The lowest BCUT2D eigenvalue weighted by molar-refractivity contribution is -0.193. The highest BCUT2D eigenvalue weighted by atomic mass is 32.2. The number of ether oxygens (including phenoxy) is 1. The summed E-state index contributed by atoms with van der Waals surface area (Å²) < 4.78 is 65.2. The zero-order valence-electron chi connectivity index (χ0n) is 26.2. The number of esters is 2. The van der Waals surface area contributed by atoms with E-state index in [-0.39, 0.29) is 17.4 Å². The van der Waals surface area contributed by atoms with Crippen LogP contribution in [0.3, 0.4) is 0 Å². The van der Waals surface area contributed by atoms with E-state index in [0.29, 0.717) is 71.7 Å². The number of amides is 2. The Labute approximate surface area is 278 Å². The Morgan fingerprint density at radius 1 is 1.08 bits per heavy atom. The Bertz CT molecular complexity index is 2120. The molecule has 0 bridgehead atoms. The lowest BCUT2D eigenvalue weighted by atomic mass is 10.00. The molecule has 1 saturated heterocycles. The number of anilines is 2. The van der Waals surface area contributed by atoms with Crippen LogP contribution in [0.2, 0.25) is 0 Å². The molecule has 4 heterocycles. The van der Waals surface area contributed by atoms with E-state index < -0.39 is 34.0 Å². The molecule has 2 aromatic carbocycles. The molecule has 4 aromatic rings. The van der Waals surface area contributed by atoms with Crippen molar-refractivity contribution < 1.29 is 40.7 Å². The molecule has 0 aliphatic carbocycles. The molecule has 2 amide bonds. The van der Waals surface area contributed by atoms with Gasteiger partial charge in [0.2, 0.25) is 0 Å². The number of fused-ring (bicyclic) bond motifs is 3. The summed E-state index contributed by atoms with van der Waals surface area (Å²) in [6.45, 7) is 2.04. The molecule has 1 fully saturated rings. The molecule has 1 N–H and O–H groups in total. The quantitative estimate of drug-likeness (QED) is 0.218. The van der Waals surface area contributed by atoms with Crippen molar-refractivity contribution in [1.29, 1.82) is 5.26 Å². The number of aromatic amines is 1. The molecule has 12 nitrogen and oxygen atoms in total. The van der Waals surface area contributed by atoms with Gasteiger partial charge in [0.1, 0.15) is 21.6 Å². The van der Waals surface area contributed by atoms with Gasteiger partial charge in [0.25, 0.3) is 0 Å². The first kappa shape index (κ1) is 33.6. The summed E-state index contributed by atoms with van der Waals surface area (Å²) in [6, 6.07) is 14.5. The molecule has 0 atom stereocenters. The minimum absolute atomic E-state index is 0.00874. The second-order valence-electron chi connectivity index (χ2n) is 12.0. The van der Waals surface area contributed by atoms with E-state index in [4.69, 9.17) is 0 Å². The highest BCUT2D eigenvalue weighted by Crippen LogP contribution is 2.39. The van der Waals surface area contributed by atoms with E-state index in [1.165, 1.54) is 41.4 Å². The highest BCUT2D eigenvalue weighted by molar-refractivity contribution is 7.91. The maximum atomic E-state index is 13.4. The van der Waals surface area contributed by atoms with Gasteiger partial charge >= 0.3 is 24.1 Å². The third-order valence-corrected chi connectivity index (χ3v) is 10.5. The average Bonchev–Trinajstić information content (AvgIpc) is 3.45. The van der Waals surface area contributed by atoms with Gasteiger partial charge < -0.3 is 9.72 Å². The lowest BCUT2D eigenvalue weighted by Crippen LogP contribution is -2.45. The molecule has 0 spiro atoms. The van der Waals surface area contributed by atoms with Gasteiger partial charge in [-0.2, -0.15) is 18.4 Å². The Morgan fingerprint density at radius 3 is 2.33 bits per heavy atom. The number of aromatic nitrogens is 2. The standard InChI is InChI=1S/C33H29F3N6O6S/c1-40-26-16-38-29-27(25(26)18-42(32(40)45)22-9-7-21(8-10-22)30(43)48-31(44)33(34,35)36)24(15-37)28(39-29)20-5-3-19(4-6-20)17-41-13-11-23(12-14-41)49(2,46)47/h3-10,16,23H,11-14,17-18H2,1-2H3,(H,38,39). The molecule has 2 aliphatic heterocycles. The van der Waals surface area contributed by atoms with Gasteiger partial charge in [-0.25, -0.2) is 27.8 Å². The van der Waals surface area contributed by atoms with Crippen LogP contribution in [0.25, 0.3) is 22.3 Å². The number of benzene rings is 2. The third-order valence-electron chi connectivity index (χ3n) is 8.83. The third kappa shape index (κ3) is 6.59. The number of nitrogens with zero attached hydrogens (tertiary/aromatic N) is 5. The average molecular weight is 695 g/mol. The number of sulfone groups is 1. The number of nitrogens with one attached hydrogen (secondary N) is 1. The summed E-state index contributed by atoms with van der Waals surface area (Å²) in [5.74, 6) is -4.13. The minimum Gasteiger partial charge on any atom is -0.383 e. The van der Waals surface area contributed by atoms with Crippen molar-refractivity contribution in [2.45, 2.75) is 37.4 Å². The largest absolute Gasteiger partial charge is 0.491 e. The number of piperidine rings is 1. The lowest BCUT2D eigenvalue weighted by Gasteiger charge is -2.35. The van der Waals surface area contributed by atoms with Gasteiger partial charge in [-0.05, 0) is 61.3 Å². The molecule has 16 heteroatoms. The summed E-state index contributed by atoms with van der Waals surface area (Å²) in [5, 5.41) is 10.5. The first-order valence-electron chi connectivity index (χ1n) is 15.1. The topological polar surface area (TPSA) is 157 Å². The number of rotatable bonds is 6. The Morgan fingerprint density at radius 2 is 1.73 bits per heavy atom. The van der Waals surface area contributed by atoms with Gasteiger partial charge in [0, 0.05) is 36.5 Å². The zero-order chi connectivity index (χ0) is 35.2. The Balaban J connectivity index is 1.25. The molecule has 0 radical (unpaired) electrons. The number of nitriles is 1. The molecular formula is C33H29F3N6O6S. The van der Waals surface area contributed by atoms with Crippen molar-refractivity contribution in [2.24, 2.45) is 0 Å². The predicted molar refractivity (Wildman–Crippen MR) is 172 cm³/mol. The Kier molecular flexibility index (Phi) is 8.67. The van der Waals surface area contributed by atoms with E-state index in [9.17, 15) is 41.2 Å². The number of hydrogen-bond acceptors (Lipinski definition) is 9. The summed E-state index contributed by atoms with van der Waals surface area (Å²) in [4.78, 5) is 49.2. The summed E-state index contributed by atoms with van der Waals surface area (Å²) in [7, 11) is -1.52. The van der Waals surface area contributed by atoms with Crippen LogP contribution >= 0.6 is 0 Å². The first-order valence-corrected chi connectivity index (χ1v) is 17.0. The van der Waals surface area contributed by atoms with Crippen molar-refractivity contribution in [2.75, 3.05) is 36.2 Å². The number of likely N-dealkylation sites (tertiary alicyclic amines) is 1. The van der Waals surface area contributed by atoms with Crippen LogP contribution in [0.5, 0.6) is 0 Å². The van der Waals surface area contributed by atoms with Crippen molar-refractivity contribution in [1.82, 2.24) is 14.9 Å². The molecule has 0 saturated carbocycles. The van der Waals surface area contributed by atoms with E-state index in [2.05, 4.69) is 25.7 Å². The number of alkyl halides is 3. The smallest absolute Gasteiger partial charge is 0.383 e. The molecule has 254 valence electrons. The normalized spacial score (nSPS) is 16.0. The van der Waals surface area contributed by atoms with Gasteiger partial charge in [-0.3, -0.25) is 14.7 Å². The number of pyridine rings is 1. The van der Waals surface area contributed by atoms with E-state index in [1.807, 2.05) is 24.3 Å². The van der Waals surface area contributed by atoms with Crippen LogP contribution in [0, 0.1) is 11.3 Å². The second-order valence-corrected chi connectivity index (χ2v) is 14.3.